The molecule has 0 unspecified atom stereocenters. The van der Waals surface area contributed by atoms with E-state index in [9.17, 15) is 0 Å². The minimum absolute atomic E-state index is 0.488. The molecular weight excluding hydrogens is 200 g/mol. The minimum Gasteiger partial charge on any atom is -0.342 e. The van der Waals surface area contributed by atoms with Crippen LogP contribution in [0.2, 0.25) is 0 Å². The summed E-state index contributed by atoms with van der Waals surface area (Å²) in [6.07, 6.45) is 7.46. The number of nitrogens with two attached hydrogens (primary N) is 1. The number of guanidine groups is 1. The lowest BCUT2D eigenvalue weighted by Gasteiger charge is -2.24. The number of rotatable bonds is 5. The second-order valence-corrected chi connectivity index (χ2v) is 4.47. The Hall–Kier alpha value is -0.770. The Bertz CT molecular complexity index is 209. The van der Waals surface area contributed by atoms with Crippen LogP contribution in [0.25, 0.3) is 0 Å². The molecular formula is C12H26N4. The summed E-state index contributed by atoms with van der Waals surface area (Å²) in [5.74, 6) is 6.45. The minimum atomic E-state index is 0.488. The molecule has 1 aliphatic rings. The van der Waals surface area contributed by atoms with Crippen LogP contribution < -0.4 is 11.3 Å². The Balaban J connectivity index is 2.54. The van der Waals surface area contributed by atoms with E-state index in [0.717, 1.165) is 19.0 Å². The summed E-state index contributed by atoms with van der Waals surface area (Å²) in [6, 6.07) is 0.488. The second-order valence-electron chi connectivity index (χ2n) is 4.47. The molecule has 0 aromatic heterocycles. The van der Waals surface area contributed by atoms with Crippen molar-refractivity contribution in [2.75, 3.05) is 13.1 Å². The van der Waals surface area contributed by atoms with Gasteiger partial charge in [-0.3, -0.25) is 5.43 Å². The predicted molar refractivity (Wildman–Crippen MR) is 69.2 cm³/mol. The van der Waals surface area contributed by atoms with Gasteiger partial charge in [-0.1, -0.05) is 26.2 Å². The van der Waals surface area contributed by atoms with E-state index in [4.69, 9.17) is 10.8 Å². The van der Waals surface area contributed by atoms with Gasteiger partial charge < -0.3 is 4.90 Å². The van der Waals surface area contributed by atoms with Crippen molar-refractivity contribution in [2.45, 2.75) is 58.4 Å². The Morgan fingerprint density at radius 2 is 2.06 bits per heavy atom. The third-order valence-electron chi connectivity index (χ3n) is 3.22. The second kappa shape index (κ2) is 7.49. The van der Waals surface area contributed by atoms with Crippen molar-refractivity contribution < 1.29 is 0 Å². The van der Waals surface area contributed by atoms with E-state index in [1.165, 1.54) is 38.5 Å². The zero-order valence-electron chi connectivity index (χ0n) is 10.7. The van der Waals surface area contributed by atoms with E-state index in [2.05, 4.69) is 24.2 Å². The molecule has 0 aromatic rings. The smallest absolute Gasteiger partial charge is 0.208 e. The summed E-state index contributed by atoms with van der Waals surface area (Å²) >= 11 is 0. The molecule has 0 bridgehead atoms. The molecule has 1 rings (SSSR count). The third-order valence-corrected chi connectivity index (χ3v) is 3.22. The number of aliphatic imine (C=N–C) groups is 1. The number of hydrazine groups is 1. The standard InChI is InChI=1S/C12H26N4/c1-3-5-10-16(4-2)12(15-13)14-11-8-6-7-9-11/h11H,3-10,13H2,1-2H3,(H,14,15). The maximum Gasteiger partial charge on any atom is 0.208 e. The van der Waals surface area contributed by atoms with Gasteiger partial charge in [0.15, 0.2) is 0 Å². The van der Waals surface area contributed by atoms with Crippen LogP contribution in [0.4, 0.5) is 0 Å². The van der Waals surface area contributed by atoms with Crippen molar-refractivity contribution in [3.63, 3.8) is 0 Å². The van der Waals surface area contributed by atoms with Gasteiger partial charge in [0.05, 0.1) is 6.04 Å². The molecule has 3 N–H and O–H groups in total. The van der Waals surface area contributed by atoms with Crippen LogP contribution in [0.3, 0.4) is 0 Å². The first-order chi connectivity index (χ1) is 7.81. The average Bonchev–Trinajstić information content (AvgIpc) is 2.81. The molecule has 0 heterocycles. The molecule has 0 aliphatic heterocycles. The Morgan fingerprint density at radius 3 is 2.56 bits per heavy atom. The van der Waals surface area contributed by atoms with Crippen LogP contribution in [-0.2, 0) is 0 Å². The molecule has 0 aromatic carbocycles. The largest absolute Gasteiger partial charge is 0.342 e. The van der Waals surface area contributed by atoms with Gasteiger partial charge in [-0.15, -0.1) is 0 Å². The maximum atomic E-state index is 5.58. The topological polar surface area (TPSA) is 53.6 Å². The molecule has 4 nitrogen and oxygen atoms in total. The van der Waals surface area contributed by atoms with Crippen LogP contribution in [0.5, 0.6) is 0 Å². The van der Waals surface area contributed by atoms with Gasteiger partial charge in [0.2, 0.25) is 5.96 Å². The summed E-state index contributed by atoms with van der Waals surface area (Å²) in [4.78, 5) is 6.96. The quantitative estimate of drug-likeness (QED) is 0.326. The van der Waals surface area contributed by atoms with Gasteiger partial charge in [-0.25, -0.2) is 10.8 Å². The average molecular weight is 226 g/mol. The monoisotopic (exact) mass is 226 g/mol. The van der Waals surface area contributed by atoms with E-state index >= 15 is 0 Å². The van der Waals surface area contributed by atoms with E-state index in [1.54, 1.807) is 0 Å². The lowest BCUT2D eigenvalue weighted by molar-refractivity contribution is 0.408. The highest BCUT2D eigenvalue weighted by atomic mass is 15.4. The lowest BCUT2D eigenvalue weighted by Crippen LogP contribution is -2.45. The summed E-state index contributed by atoms with van der Waals surface area (Å²) in [6.45, 7) is 6.37. The molecule has 16 heavy (non-hydrogen) atoms. The molecule has 0 amide bonds. The normalized spacial score (nSPS) is 17.8. The van der Waals surface area contributed by atoms with E-state index in [0.29, 0.717) is 6.04 Å². The van der Waals surface area contributed by atoms with Crippen LogP contribution in [0.1, 0.15) is 52.4 Å². The fourth-order valence-electron chi connectivity index (χ4n) is 2.18. The zero-order chi connectivity index (χ0) is 11.8. The number of hydrogen-bond acceptors (Lipinski definition) is 2. The Labute approximate surface area is 99.3 Å². The van der Waals surface area contributed by atoms with Gasteiger partial charge in [-0.2, -0.15) is 0 Å². The van der Waals surface area contributed by atoms with E-state index < -0.39 is 0 Å². The lowest BCUT2D eigenvalue weighted by atomic mass is 10.3. The summed E-state index contributed by atoms with van der Waals surface area (Å²) in [7, 11) is 0. The maximum absolute atomic E-state index is 5.58. The van der Waals surface area contributed by atoms with Crippen molar-refractivity contribution >= 4 is 5.96 Å². The molecule has 1 aliphatic carbocycles. The number of nitrogens with one attached hydrogen (secondary N) is 1. The molecule has 0 saturated heterocycles. The fourth-order valence-corrected chi connectivity index (χ4v) is 2.18. The Morgan fingerprint density at radius 1 is 1.38 bits per heavy atom. The SMILES string of the molecule is CCCCN(CC)C(=NC1CCCC1)NN. The van der Waals surface area contributed by atoms with Crippen molar-refractivity contribution in [1.29, 1.82) is 0 Å². The highest BCUT2D eigenvalue weighted by molar-refractivity contribution is 5.79. The van der Waals surface area contributed by atoms with Gasteiger partial charge in [0.1, 0.15) is 0 Å². The number of nitrogens with zero attached hydrogens (tertiary/aromatic N) is 2. The summed E-state index contributed by atoms with van der Waals surface area (Å²) < 4.78 is 0. The first-order valence-corrected chi connectivity index (χ1v) is 6.61. The number of hydrogen-bond donors (Lipinski definition) is 2. The van der Waals surface area contributed by atoms with Crippen molar-refractivity contribution in [3.8, 4) is 0 Å². The fraction of sp³-hybridized carbons (Fsp3) is 0.917. The zero-order valence-corrected chi connectivity index (χ0v) is 10.7. The first-order valence-electron chi connectivity index (χ1n) is 6.61. The predicted octanol–water partition coefficient (Wildman–Crippen LogP) is 1.87. The first kappa shape index (κ1) is 13.3. The Kier molecular flexibility index (Phi) is 6.23. The van der Waals surface area contributed by atoms with Crippen LogP contribution in [-0.4, -0.2) is 30.0 Å². The molecule has 1 fully saturated rings. The highest BCUT2D eigenvalue weighted by Crippen LogP contribution is 2.21. The molecule has 1 saturated carbocycles. The van der Waals surface area contributed by atoms with Gasteiger partial charge in [-0.05, 0) is 26.2 Å². The van der Waals surface area contributed by atoms with Crippen molar-refractivity contribution in [3.05, 3.63) is 0 Å². The van der Waals surface area contributed by atoms with E-state index in [1.807, 2.05) is 0 Å². The number of unbranched alkanes of at least 4 members (excludes halogenated alkanes) is 1. The molecule has 4 heteroatoms. The van der Waals surface area contributed by atoms with Gasteiger partial charge >= 0.3 is 0 Å². The molecule has 0 atom stereocenters. The summed E-state index contributed by atoms with van der Waals surface area (Å²) in [5.41, 5.74) is 2.76. The van der Waals surface area contributed by atoms with Crippen LogP contribution in [0.15, 0.2) is 4.99 Å². The summed E-state index contributed by atoms with van der Waals surface area (Å²) in [5, 5.41) is 0. The van der Waals surface area contributed by atoms with Crippen molar-refractivity contribution in [1.82, 2.24) is 10.3 Å². The van der Waals surface area contributed by atoms with Gasteiger partial charge in [0, 0.05) is 13.1 Å². The van der Waals surface area contributed by atoms with Crippen molar-refractivity contribution in [2.24, 2.45) is 10.8 Å². The highest BCUT2D eigenvalue weighted by Gasteiger charge is 2.16. The molecule has 94 valence electrons. The van der Waals surface area contributed by atoms with E-state index in [-0.39, 0.29) is 0 Å². The van der Waals surface area contributed by atoms with Gasteiger partial charge in [0.25, 0.3) is 0 Å². The molecule has 0 spiro atoms. The third kappa shape index (κ3) is 4.00. The van der Waals surface area contributed by atoms with Crippen LogP contribution >= 0.6 is 0 Å². The molecule has 0 radical (unpaired) electrons. The van der Waals surface area contributed by atoms with Crippen LogP contribution in [0, 0.1) is 0 Å².